The highest BCUT2D eigenvalue weighted by Gasteiger charge is 2.31. The lowest BCUT2D eigenvalue weighted by molar-refractivity contribution is -0.141. The van der Waals surface area contributed by atoms with E-state index in [9.17, 15) is 14.4 Å². The summed E-state index contributed by atoms with van der Waals surface area (Å²) in [5, 5.41) is 5.66. The van der Waals surface area contributed by atoms with Crippen LogP contribution in [0.25, 0.3) is 0 Å². The normalized spacial score (nSPS) is 14.6. The highest BCUT2D eigenvalue weighted by atomic mass is 16.2. The summed E-state index contributed by atoms with van der Waals surface area (Å²) in [6.07, 6.45) is 2.22. The van der Waals surface area contributed by atoms with E-state index in [1.807, 2.05) is 67.3 Å². The van der Waals surface area contributed by atoms with E-state index in [4.69, 9.17) is 0 Å². The van der Waals surface area contributed by atoms with Crippen molar-refractivity contribution in [1.29, 1.82) is 0 Å². The van der Waals surface area contributed by atoms with E-state index in [1.54, 1.807) is 4.90 Å². The second kappa shape index (κ2) is 12.8. The Hall–Kier alpha value is -3.35. The number of urea groups is 1. The predicted molar refractivity (Wildman–Crippen MR) is 133 cm³/mol. The van der Waals surface area contributed by atoms with Gasteiger partial charge in [0.25, 0.3) is 0 Å². The minimum atomic E-state index is -0.608. The first-order valence-corrected chi connectivity index (χ1v) is 12.1. The molecule has 2 aromatic rings. The van der Waals surface area contributed by atoms with E-state index in [1.165, 1.54) is 5.56 Å². The number of nitrogens with zero attached hydrogens (tertiary/aromatic N) is 2. The quantitative estimate of drug-likeness (QED) is 0.598. The van der Waals surface area contributed by atoms with Crippen molar-refractivity contribution in [3.05, 3.63) is 71.8 Å². The fourth-order valence-corrected chi connectivity index (χ4v) is 4.10. The standard InChI is InChI=1S/C27H36N4O3/c1-21(2)25(29-27(34)28-20-23-12-7-4-8-13-23)26(33)31-18-16-30(17-19-31)24(32)15-9-14-22-10-5-3-6-11-22/h3-8,10-13,21,25H,9,14-20H2,1-2H3,(H2,28,29,34). The minimum Gasteiger partial charge on any atom is -0.339 e. The summed E-state index contributed by atoms with van der Waals surface area (Å²) in [4.78, 5) is 41.8. The third-order valence-electron chi connectivity index (χ3n) is 6.16. The van der Waals surface area contributed by atoms with Crippen molar-refractivity contribution in [2.24, 2.45) is 5.92 Å². The Labute approximate surface area is 202 Å². The molecule has 1 atom stereocenters. The molecule has 1 heterocycles. The molecule has 34 heavy (non-hydrogen) atoms. The number of hydrogen-bond acceptors (Lipinski definition) is 3. The smallest absolute Gasteiger partial charge is 0.315 e. The van der Waals surface area contributed by atoms with Crippen molar-refractivity contribution < 1.29 is 14.4 Å². The predicted octanol–water partition coefficient (Wildman–Crippen LogP) is 3.20. The zero-order chi connectivity index (χ0) is 24.3. The van der Waals surface area contributed by atoms with Gasteiger partial charge in [0.1, 0.15) is 6.04 Å². The molecule has 1 fully saturated rings. The number of rotatable bonds is 9. The van der Waals surface area contributed by atoms with Crippen LogP contribution < -0.4 is 10.6 Å². The van der Waals surface area contributed by atoms with Crippen LogP contribution in [-0.2, 0) is 22.6 Å². The van der Waals surface area contributed by atoms with Gasteiger partial charge in [-0.1, -0.05) is 74.5 Å². The summed E-state index contributed by atoms with van der Waals surface area (Å²) in [7, 11) is 0. The van der Waals surface area contributed by atoms with Crippen LogP contribution in [0.5, 0.6) is 0 Å². The second-order valence-electron chi connectivity index (χ2n) is 9.08. The van der Waals surface area contributed by atoms with E-state index < -0.39 is 6.04 Å². The number of hydrogen-bond donors (Lipinski definition) is 2. The van der Waals surface area contributed by atoms with E-state index in [0.29, 0.717) is 39.1 Å². The Bertz CT molecular complexity index is 925. The molecular weight excluding hydrogens is 428 g/mol. The van der Waals surface area contributed by atoms with Crippen LogP contribution in [-0.4, -0.2) is 59.9 Å². The maximum Gasteiger partial charge on any atom is 0.315 e. The molecule has 0 spiro atoms. The lowest BCUT2D eigenvalue weighted by atomic mass is 10.0. The van der Waals surface area contributed by atoms with Crippen molar-refractivity contribution in [2.45, 2.75) is 45.7 Å². The van der Waals surface area contributed by atoms with Gasteiger partial charge in [0, 0.05) is 39.1 Å². The van der Waals surface area contributed by atoms with Crippen molar-refractivity contribution in [3.63, 3.8) is 0 Å². The maximum absolute atomic E-state index is 13.1. The lowest BCUT2D eigenvalue weighted by Crippen LogP contribution is -2.58. The van der Waals surface area contributed by atoms with Gasteiger partial charge in [0.05, 0.1) is 0 Å². The number of piperazine rings is 1. The van der Waals surface area contributed by atoms with Gasteiger partial charge in [0.2, 0.25) is 11.8 Å². The Morgan fingerprint density at radius 1 is 0.824 bits per heavy atom. The number of amides is 4. The molecule has 0 bridgehead atoms. The maximum atomic E-state index is 13.1. The zero-order valence-electron chi connectivity index (χ0n) is 20.2. The van der Waals surface area contributed by atoms with Gasteiger partial charge in [-0.15, -0.1) is 0 Å². The summed E-state index contributed by atoms with van der Waals surface area (Å²) in [5.41, 5.74) is 2.24. The topological polar surface area (TPSA) is 81.8 Å². The molecule has 0 aliphatic carbocycles. The molecule has 0 saturated carbocycles. The molecule has 0 aromatic heterocycles. The molecule has 1 aliphatic heterocycles. The van der Waals surface area contributed by atoms with Crippen LogP contribution in [0.15, 0.2) is 60.7 Å². The monoisotopic (exact) mass is 464 g/mol. The van der Waals surface area contributed by atoms with Crippen molar-refractivity contribution in [1.82, 2.24) is 20.4 Å². The van der Waals surface area contributed by atoms with Crippen LogP contribution >= 0.6 is 0 Å². The number of aryl methyl sites for hydroxylation is 1. The largest absolute Gasteiger partial charge is 0.339 e. The highest BCUT2D eigenvalue weighted by Crippen LogP contribution is 2.12. The molecule has 4 amide bonds. The summed E-state index contributed by atoms with van der Waals surface area (Å²) in [6.45, 7) is 6.28. The summed E-state index contributed by atoms with van der Waals surface area (Å²) < 4.78 is 0. The van der Waals surface area contributed by atoms with Crippen LogP contribution in [0.3, 0.4) is 0 Å². The van der Waals surface area contributed by atoms with Crippen LogP contribution in [0.4, 0.5) is 4.79 Å². The Morgan fingerprint density at radius 3 is 1.97 bits per heavy atom. The SMILES string of the molecule is CC(C)C(NC(=O)NCc1ccccc1)C(=O)N1CCN(C(=O)CCCc2ccccc2)CC1. The molecule has 1 unspecified atom stereocenters. The molecule has 3 rings (SSSR count). The van der Waals surface area contributed by atoms with Crippen LogP contribution in [0.1, 0.15) is 37.8 Å². The Balaban J connectivity index is 1.42. The van der Waals surface area contributed by atoms with Crippen molar-refractivity contribution in [2.75, 3.05) is 26.2 Å². The number of carbonyl (C=O) groups is 3. The minimum absolute atomic E-state index is 0.0485. The van der Waals surface area contributed by atoms with Crippen molar-refractivity contribution in [3.8, 4) is 0 Å². The molecule has 182 valence electrons. The molecular formula is C27H36N4O3. The Morgan fingerprint density at radius 2 is 1.38 bits per heavy atom. The summed E-state index contributed by atoms with van der Waals surface area (Å²) >= 11 is 0. The Kier molecular flexibility index (Phi) is 9.50. The molecule has 1 saturated heterocycles. The van der Waals surface area contributed by atoms with Gasteiger partial charge in [-0.2, -0.15) is 0 Å². The molecule has 1 aliphatic rings. The molecule has 7 heteroatoms. The fraction of sp³-hybridized carbons (Fsp3) is 0.444. The van der Waals surface area contributed by atoms with E-state index in [0.717, 1.165) is 18.4 Å². The molecule has 2 N–H and O–H groups in total. The third kappa shape index (κ3) is 7.61. The second-order valence-corrected chi connectivity index (χ2v) is 9.08. The van der Waals surface area contributed by atoms with E-state index >= 15 is 0 Å². The van der Waals surface area contributed by atoms with Gasteiger partial charge < -0.3 is 20.4 Å². The number of nitrogens with one attached hydrogen (secondary N) is 2. The number of carbonyl (C=O) groups excluding carboxylic acids is 3. The van der Waals surface area contributed by atoms with Crippen molar-refractivity contribution >= 4 is 17.8 Å². The van der Waals surface area contributed by atoms with Gasteiger partial charge >= 0.3 is 6.03 Å². The molecule has 2 aromatic carbocycles. The first-order valence-electron chi connectivity index (χ1n) is 12.1. The van der Waals surface area contributed by atoms with Gasteiger partial charge in [-0.05, 0) is 29.9 Å². The van der Waals surface area contributed by atoms with Gasteiger partial charge in [0.15, 0.2) is 0 Å². The van der Waals surface area contributed by atoms with E-state index in [2.05, 4.69) is 22.8 Å². The zero-order valence-corrected chi connectivity index (χ0v) is 20.2. The summed E-state index contributed by atoms with van der Waals surface area (Å²) in [6, 6.07) is 18.9. The third-order valence-corrected chi connectivity index (χ3v) is 6.16. The molecule has 0 radical (unpaired) electrons. The van der Waals surface area contributed by atoms with E-state index in [-0.39, 0.29) is 23.8 Å². The van der Waals surface area contributed by atoms with Crippen LogP contribution in [0.2, 0.25) is 0 Å². The lowest BCUT2D eigenvalue weighted by Gasteiger charge is -2.37. The molecule has 7 nitrogen and oxygen atoms in total. The average molecular weight is 465 g/mol. The van der Waals surface area contributed by atoms with Gasteiger partial charge in [-0.3, -0.25) is 9.59 Å². The van der Waals surface area contributed by atoms with Crippen LogP contribution in [0, 0.1) is 5.92 Å². The summed E-state index contributed by atoms with van der Waals surface area (Å²) in [5.74, 6) is -0.00415. The van der Waals surface area contributed by atoms with Gasteiger partial charge in [-0.25, -0.2) is 4.79 Å². The number of benzene rings is 2. The fourth-order valence-electron chi connectivity index (χ4n) is 4.10. The first-order chi connectivity index (χ1) is 16.4. The average Bonchev–Trinajstić information content (AvgIpc) is 2.87. The highest BCUT2D eigenvalue weighted by molar-refractivity contribution is 5.87. The first kappa shape index (κ1) is 25.3.